The lowest BCUT2D eigenvalue weighted by Crippen LogP contribution is -2.40. The molecular weight excluding hydrogens is 458 g/mol. The lowest BCUT2D eigenvalue weighted by molar-refractivity contribution is -0.119. The van der Waals surface area contributed by atoms with Gasteiger partial charge in [0.15, 0.2) is 0 Å². The Hall–Kier alpha value is -3.28. The number of sulfonamides is 1. The number of hydrogen-bond acceptors (Lipinski definition) is 6. The van der Waals surface area contributed by atoms with Crippen molar-refractivity contribution in [1.29, 1.82) is 0 Å². The van der Waals surface area contributed by atoms with Crippen molar-refractivity contribution in [3.8, 4) is 0 Å². The number of para-hydroxylation sites is 2. The molecule has 0 bridgehead atoms. The normalized spacial score (nSPS) is 15.7. The van der Waals surface area contributed by atoms with Gasteiger partial charge in [-0.05, 0) is 37.3 Å². The molecule has 2 N–H and O–H groups in total. The number of amides is 2. The molecule has 2 heterocycles. The minimum absolute atomic E-state index is 0.0553. The monoisotopic (exact) mass is 485 g/mol. The number of morpholine rings is 1. The Bertz CT molecular complexity index is 1310. The molecule has 0 unspecified atom stereocenters. The van der Waals surface area contributed by atoms with Gasteiger partial charge in [0.05, 0.1) is 35.2 Å². The van der Waals surface area contributed by atoms with Crippen molar-refractivity contribution in [3.63, 3.8) is 0 Å². The van der Waals surface area contributed by atoms with Crippen LogP contribution in [0.2, 0.25) is 0 Å². The molecule has 4 rings (SSSR count). The van der Waals surface area contributed by atoms with E-state index in [0.717, 1.165) is 5.52 Å². The van der Waals surface area contributed by atoms with Gasteiger partial charge in [0.1, 0.15) is 12.4 Å². The van der Waals surface area contributed by atoms with Crippen molar-refractivity contribution in [2.45, 2.75) is 31.3 Å². The van der Waals surface area contributed by atoms with E-state index in [1.54, 1.807) is 23.6 Å². The number of benzene rings is 2. The molecule has 180 valence electrons. The number of aromatic nitrogens is 2. The van der Waals surface area contributed by atoms with E-state index < -0.39 is 16.1 Å². The summed E-state index contributed by atoms with van der Waals surface area (Å²) in [5.74, 6) is 0.00407. The number of imidazole rings is 1. The van der Waals surface area contributed by atoms with Crippen LogP contribution in [0.3, 0.4) is 0 Å². The average Bonchev–Trinajstić information content (AvgIpc) is 3.18. The van der Waals surface area contributed by atoms with E-state index in [4.69, 9.17) is 4.74 Å². The Kier molecular flexibility index (Phi) is 6.96. The molecule has 34 heavy (non-hydrogen) atoms. The first-order valence-corrected chi connectivity index (χ1v) is 12.4. The molecule has 1 aliphatic rings. The Balaban J connectivity index is 1.56. The average molecular weight is 486 g/mol. The lowest BCUT2D eigenvalue weighted by atomic mass is 10.3. The summed E-state index contributed by atoms with van der Waals surface area (Å²) in [6.45, 7) is 4.47. The van der Waals surface area contributed by atoms with Crippen LogP contribution in [0.4, 0.5) is 5.69 Å². The van der Waals surface area contributed by atoms with Crippen LogP contribution < -0.4 is 10.6 Å². The molecule has 1 fully saturated rings. The summed E-state index contributed by atoms with van der Waals surface area (Å²) in [6, 6.07) is 13.2. The molecule has 0 aliphatic carbocycles. The van der Waals surface area contributed by atoms with Gasteiger partial charge in [-0.2, -0.15) is 4.31 Å². The zero-order valence-corrected chi connectivity index (χ0v) is 19.8. The van der Waals surface area contributed by atoms with E-state index in [1.807, 2.05) is 24.3 Å². The third-order valence-corrected chi connectivity index (χ3v) is 7.41. The summed E-state index contributed by atoms with van der Waals surface area (Å²) in [5, 5.41) is 5.59. The number of carbonyl (C=O) groups excluding carboxylic acids is 2. The summed E-state index contributed by atoms with van der Waals surface area (Å²) < 4.78 is 34.3. The van der Waals surface area contributed by atoms with E-state index in [1.165, 1.54) is 23.4 Å². The fourth-order valence-corrected chi connectivity index (χ4v) is 5.43. The minimum Gasteiger partial charge on any atom is -0.379 e. The van der Waals surface area contributed by atoms with Crippen LogP contribution in [0.15, 0.2) is 53.4 Å². The molecule has 10 nitrogen and oxygen atoms in total. The minimum atomic E-state index is -3.68. The van der Waals surface area contributed by atoms with Crippen molar-refractivity contribution in [3.05, 3.63) is 54.4 Å². The summed E-state index contributed by atoms with van der Waals surface area (Å²) in [4.78, 5) is 29.2. The fraction of sp³-hybridized carbons (Fsp3) is 0.348. The first-order valence-electron chi connectivity index (χ1n) is 11.0. The number of nitrogens with zero attached hydrogens (tertiary/aromatic N) is 3. The molecule has 1 aliphatic heterocycles. The van der Waals surface area contributed by atoms with E-state index in [0.29, 0.717) is 43.3 Å². The molecule has 1 saturated heterocycles. The second-order valence-electron chi connectivity index (χ2n) is 8.06. The van der Waals surface area contributed by atoms with Gasteiger partial charge in [0, 0.05) is 25.7 Å². The van der Waals surface area contributed by atoms with Crippen molar-refractivity contribution in [2.75, 3.05) is 31.6 Å². The summed E-state index contributed by atoms with van der Waals surface area (Å²) in [6.07, 6.45) is 0. The number of fused-ring (bicyclic) bond motifs is 1. The van der Waals surface area contributed by atoms with Gasteiger partial charge in [-0.25, -0.2) is 13.4 Å². The Morgan fingerprint density at radius 3 is 2.59 bits per heavy atom. The van der Waals surface area contributed by atoms with Crippen LogP contribution in [0.1, 0.15) is 25.7 Å². The molecule has 2 amide bonds. The van der Waals surface area contributed by atoms with Crippen LogP contribution in [-0.2, 0) is 30.9 Å². The number of carbonyl (C=O) groups is 2. The zero-order valence-electron chi connectivity index (χ0n) is 19.0. The Labute approximate surface area is 198 Å². The van der Waals surface area contributed by atoms with Gasteiger partial charge in [0.2, 0.25) is 21.8 Å². The van der Waals surface area contributed by atoms with Crippen molar-refractivity contribution in [2.24, 2.45) is 0 Å². The molecule has 0 radical (unpaired) electrons. The second-order valence-corrected chi connectivity index (χ2v) is 10.00. The quantitative estimate of drug-likeness (QED) is 0.527. The van der Waals surface area contributed by atoms with Crippen molar-refractivity contribution < 1.29 is 22.7 Å². The van der Waals surface area contributed by atoms with Crippen LogP contribution in [0.25, 0.3) is 11.0 Å². The maximum atomic E-state index is 13.0. The highest BCUT2D eigenvalue weighted by atomic mass is 32.2. The largest absolute Gasteiger partial charge is 0.379 e. The smallest absolute Gasteiger partial charge is 0.244 e. The number of nitrogens with one attached hydrogen (secondary N) is 2. The number of ether oxygens (including phenoxy) is 1. The van der Waals surface area contributed by atoms with E-state index >= 15 is 0 Å². The third kappa shape index (κ3) is 5.11. The molecule has 3 aromatic rings. The maximum absolute atomic E-state index is 13.0. The maximum Gasteiger partial charge on any atom is 0.244 e. The molecular formula is C23H27N5O5S. The topological polar surface area (TPSA) is 123 Å². The number of hydrogen-bond donors (Lipinski definition) is 2. The van der Waals surface area contributed by atoms with Crippen molar-refractivity contribution in [1.82, 2.24) is 19.2 Å². The van der Waals surface area contributed by atoms with Crippen LogP contribution >= 0.6 is 0 Å². The zero-order chi connectivity index (χ0) is 24.3. The van der Waals surface area contributed by atoms with Crippen LogP contribution in [-0.4, -0.2) is 60.4 Å². The van der Waals surface area contributed by atoms with Gasteiger partial charge < -0.3 is 19.9 Å². The lowest BCUT2D eigenvalue weighted by Gasteiger charge is -2.26. The second kappa shape index (κ2) is 9.92. The van der Waals surface area contributed by atoms with Gasteiger partial charge >= 0.3 is 0 Å². The van der Waals surface area contributed by atoms with Crippen LogP contribution in [0.5, 0.6) is 0 Å². The van der Waals surface area contributed by atoms with E-state index in [-0.39, 0.29) is 23.3 Å². The molecule has 11 heteroatoms. The summed E-state index contributed by atoms with van der Waals surface area (Å²) in [5.41, 5.74) is 1.84. The summed E-state index contributed by atoms with van der Waals surface area (Å²) in [7, 11) is -3.68. The highest BCUT2D eigenvalue weighted by Crippen LogP contribution is 2.23. The predicted molar refractivity (Wildman–Crippen MR) is 127 cm³/mol. The predicted octanol–water partition coefficient (Wildman–Crippen LogP) is 1.89. The van der Waals surface area contributed by atoms with Gasteiger partial charge in [0.25, 0.3) is 0 Å². The number of rotatable bonds is 7. The van der Waals surface area contributed by atoms with E-state index in [9.17, 15) is 18.0 Å². The standard InChI is InChI=1S/C23H27N5O5S/c1-16(24-17(2)29)23-26-20-8-3-4-9-21(20)28(23)15-22(30)25-18-6-5-7-19(14-18)34(31,32)27-10-12-33-13-11-27/h3-9,14,16H,10-13,15H2,1-2H3,(H,24,29)(H,25,30)/t16-/m0/s1. The first-order chi connectivity index (χ1) is 16.3. The van der Waals surface area contributed by atoms with Gasteiger partial charge in [-0.3, -0.25) is 9.59 Å². The van der Waals surface area contributed by atoms with Crippen molar-refractivity contribution >= 4 is 38.6 Å². The highest BCUT2D eigenvalue weighted by Gasteiger charge is 2.26. The third-order valence-electron chi connectivity index (χ3n) is 5.52. The highest BCUT2D eigenvalue weighted by molar-refractivity contribution is 7.89. The molecule has 0 spiro atoms. The fourth-order valence-electron chi connectivity index (χ4n) is 3.97. The molecule has 1 aromatic heterocycles. The Morgan fingerprint density at radius 2 is 1.85 bits per heavy atom. The van der Waals surface area contributed by atoms with Gasteiger partial charge in [-0.15, -0.1) is 0 Å². The first kappa shape index (κ1) is 23.9. The molecule has 0 saturated carbocycles. The molecule has 2 aromatic carbocycles. The van der Waals surface area contributed by atoms with Crippen LogP contribution in [0, 0.1) is 0 Å². The van der Waals surface area contributed by atoms with E-state index in [2.05, 4.69) is 15.6 Å². The molecule has 1 atom stereocenters. The van der Waals surface area contributed by atoms with Gasteiger partial charge in [-0.1, -0.05) is 18.2 Å². The number of anilines is 1. The summed E-state index contributed by atoms with van der Waals surface area (Å²) >= 11 is 0. The Morgan fingerprint density at radius 1 is 1.12 bits per heavy atom. The SMILES string of the molecule is CC(=O)N[C@@H](C)c1nc2ccccc2n1CC(=O)Nc1cccc(S(=O)(=O)N2CCOCC2)c1.